The monoisotopic (exact) mass is 471 g/mol. The van der Waals surface area contributed by atoms with Gasteiger partial charge < -0.3 is 23.7 Å². The maximum atomic E-state index is 11.5. The van der Waals surface area contributed by atoms with Crippen LogP contribution >= 0.6 is 22.6 Å². The van der Waals surface area contributed by atoms with Crippen molar-refractivity contribution < 1.29 is 38.1 Å². The second-order valence-corrected chi connectivity index (χ2v) is 5.80. The number of hydrogen-bond donors (Lipinski definition) is 0. The van der Waals surface area contributed by atoms with Crippen molar-refractivity contribution in [3.63, 3.8) is 0 Å². The molecule has 1 heterocycles. The first-order chi connectivity index (χ1) is 11.7. The Bertz CT molecular complexity index is 576. The molecule has 1 aliphatic heterocycles. The zero-order valence-electron chi connectivity index (χ0n) is 14.0. The van der Waals surface area contributed by atoms with E-state index in [1.807, 2.05) is 22.6 Å². The Morgan fingerprint density at radius 2 is 1.64 bits per heavy atom. The van der Waals surface area contributed by atoms with Crippen molar-refractivity contribution >= 4 is 40.5 Å². The van der Waals surface area contributed by atoms with Gasteiger partial charge in [0.25, 0.3) is 0 Å². The van der Waals surface area contributed by atoms with E-state index < -0.39 is 48.2 Å². The highest BCUT2D eigenvalue weighted by Gasteiger charge is 2.59. The highest BCUT2D eigenvalue weighted by atomic mass is 127. The lowest BCUT2D eigenvalue weighted by Crippen LogP contribution is -2.68. The summed E-state index contributed by atoms with van der Waals surface area (Å²) in [5.41, 5.74) is 8.77. The van der Waals surface area contributed by atoms with Crippen LogP contribution in [0.3, 0.4) is 0 Å². The molecule has 1 saturated heterocycles. The van der Waals surface area contributed by atoms with E-state index in [4.69, 9.17) is 29.2 Å². The van der Waals surface area contributed by atoms with Crippen molar-refractivity contribution in [2.24, 2.45) is 5.11 Å². The van der Waals surface area contributed by atoms with Crippen LogP contribution in [0, 0.1) is 0 Å². The second-order valence-electron chi connectivity index (χ2n) is 5.04. The molecule has 0 unspecified atom stereocenters. The molecule has 0 amide bonds. The number of rotatable bonds is 6. The van der Waals surface area contributed by atoms with Gasteiger partial charge in [-0.1, -0.05) is 27.7 Å². The number of esters is 3. The molecule has 1 rings (SSSR count). The lowest BCUT2D eigenvalue weighted by Gasteiger charge is -2.48. The molecule has 1 aliphatic rings. The third-order valence-corrected chi connectivity index (χ3v) is 4.31. The molecule has 0 aromatic rings. The van der Waals surface area contributed by atoms with Crippen LogP contribution in [-0.4, -0.2) is 59.8 Å². The molecule has 0 radical (unpaired) electrons. The molecule has 25 heavy (non-hydrogen) atoms. The van der Waals surface area contributed by atoms with Gasteiger partial charge in [0.15, 0.2) is 24.5 Å². The number of alkyl halides is 1. The van der Waals surface area contributed by atoms with Crippen molar-refractivity contribution in [3.8, 4) is 0 Å². The van der Waals surface area contributed by atoms with E-state index in [1.54, 1.807) is 0 Å². The van der Waals surface area contributed by atoms with Crippen LogP contribution in [0.5, 0.6) is 0 Å². The van der Waals surface area contributed by atoms with Crippen molar-refractivity contribution in [2.75, 3.05) is 11.5 Å². The number of methoxy groups -OCH3 is 1. The van der Waals surface area contributed by atoms with E-state index in [-0.39, 0.29) is 4.43 Å². The van der Waals surface area contributed by atoms with Gasteiger partial charge in [0.1, 0.15) is 0 Å². The van der Waals surface area contributed by atoms with E-state index in [1.165, 1.54) is 7.11 Å². The molecule has 0 aliphatic carbocycles. The maximum absolute atomic E-state index is 11.5. The van der Waals surface area contributed by atoms with Gasteiger partial charge in [-0.2, -0.15) is 0 Å². The molecule has 0 bridgehead atoms. The minimum atomic E-state index is -1.58. The Morgan fingerprint density at radius 1 is 1.12 bits per heavy atom. The van der Waals surface area contributed by atoms with E-state index in [9.17, 15) is 14.4 Å². The first-order valence-corrected chi connectivity index (χ1v) is 8.58. The van der Waals surface area contributed by atoms with Gasteiger partial charge in [0.2, 0.25) is 5.79 Å². The highest BCUT2D eigenvalue weighted by molar-refractivity contribution is 14.1. The van der Waals surface area contributed by atoms with Gasteiger partial charge in [-0.25, -0.2) is 0 Å². The summed E-state index contributed by atoms with van der Waals surface area (Å²) in [6, 6.07) is 0. The van der Waals surface area contributed by atoms with Gasteiger partial charge in [-0.15, -0.1) is 0 Å². The number of nitrogens with zero attached hydrogens (tertiary/aromatic N) is 3. The SMILES string of the molecule is CO[C@@]1(CI)O[C@@H](N=[N+]=[N-])[C@H](OC(C)=O)[C@@H](OC(C)=O)[C@H]1OC(C)=O. The number of azide groups is 1. The highest BCUT2D eigenvalue weighted by Crippen LogP contribution is 2.38. The predicted octanol–water partition coefficient (Wildman–Crippen LogP) is 1.23. The molecule has 5 atom stereocenters. The molecule has 140 valence electrons. The average Bonchev–Trinajstić information content (AvgIpc) is 2.52. The van der Waals surface area contributed by atoms with Crippen LogP contribution in [0.2, 0.25) is 0 Å². The molecule has 0 aromatic heterocycles. The van der Waals surface area contributed by atoms with Crippen molar-refractivity contribution in [1.29, 1.82) is 0 Å². The van der Waals surface area contributed by atoms with Gasteiger partial charge in [-0.3, -0.25) is 14.4 Å². The fourth-order valence-corrected chi connectivity index (χ4v) is 3.29. The first-order valence-electron chi connectivity index (χ1n) is 7.05. The summed E-state index contributed by atoms with van der Waals surface area (Å²) in [5, 5.41) is 3.45. The predicted molar refractivity (Wildman–Crippen MR) is 89.3 cm³/mol. The normalized spacial score (nSPS) is 31.4. The summed E-state index contributed by atoms with van der Waals surface area (Å²) in [6.45, 7) is 3.40. The van der Waals surface area contributed by atoms with Crippen molar-refractivity contribution in [2.45, 2.75) is 51.1 Å². The Morgan fingerprint density at radius 3 is 2.04 bits per heavy atom. The van der Waals surface area contributed by atoms with Crippen molar-refractivity contribution in [3.05, 3.63) is 10.4 Å². The van der Waals surface area contributed by atoms with E-state index in [2.05, 4.69) is 10.0 Å². The molecule has 1 fully saturated rings. The smallest absolute Gasteiger partial charge is 0.303 e. The average molecular weight is 471 g/mol. The Kier molecular flexibility index (Phi) is 7.86. The summed E-state index contributed by atoms with van der Waals surface area (Å²) >= 11 is 1.91. The Balaban J connectivity index is 3.47. The number of halogens is 1. The van der Waals surface area contributed by atoms with Gasteiger partial charge in [-0.05, 0) is 5.53 Å². The zero-order valence-corrected chi connectivity index (χ0v) is 16.2. The van der Waals surface area contributed by atoms with Crippen LogP contribution in [0.25, 0.3) is 10.4 Å². The summed E-state index contributed by atoms with van der Waals surface area (Å²) < 4.78 is 26.7. The maximum Gasteiger partial charge on any atom is 0.303 e. The van der Waals surface area contributed by atoms with Crippen LogP contribution in [0.1, 0.15) is 20.8 Å². The van der Waals surface area contributed by atoms with Crippen LogP contribution in [-0.2, 0) is 38.1 Å². The molecular formula is C13H18IN3O8. The largest absolute Gasteiger partial charge is 0.455 e. The number of hydrogen-bond acceptors (Lipinski definition) is 9. The zero-order chi connectivity index (χ0) is 19.2. The van der Waals surface area contributed by atoms with Gasteiger partial charge in [0, 0.05) is 32.8 Å². The Hall–Kier alpha value is -1.63. The van der Waals surface area contributed by atoms with Gasteiger partial charge >= 0.3 is 17.9 Å². The molecule has 11 nitrogen and oxygen atoms in total. The van der Waals surface area contributed by atoms with Gasteiger partial charge in [0.05, 0.1) is 4.43 Å². The fraction of sp³-hybridized carbons (Fsp3) is 0.769. The number of ether oxygens (including phenoxy) is 5. The third-order valence-electron chi connectivity index (χ3n) is 3.25. The first kappa shape index (κ1) is 21.4. The molecule has 0 aromatic carbocycles. The third kappa shape index (κ3) is 5.17. The number of carbonyl (C=O) groups excluding carboxylic acids is 3. The summed E-state index contributed by atoms with van der Waals surface area (Å²) in [6.07, 6.45) is -5.25. The second kappa shape index (κ2) is 9.17. The summed E-state index contributed by atoms with van der Waals surface area (Å²) in [4.78, 5) is 37.2. The van der Waals surface area contributed by atoms with Crippen LogP contribution in [0.4, 0.5) is 0 Å². The molecule has 0 spiro atoms. The van der Waals surface area contributed by atoms with E-state index in [0.717, 1.165) is 20.8 Å². The topological polar surface area (TPSA) is 146 Å². The Labute approximate surface area is 157 Å². The van der Waals surface area contributed by atoms with E-state index in [0.29, 0.717) is 0 Å². The lowest BCUT2D eigenvalue weighted by molar-refractivity contribution is -0.344. The fourth-order valence-electron chi connectivity index (χ4n) is 2.36. The van der Waals surface area contributed by atoms with Crippen molar-refractivity contribution in [1.82, 2.24) is 0 Å². The minimum absolute atomic E-state index is 0.126. The molecule has 0 N–H and O–H groups in total. The standard InChI is InChI=1S/C13H18IN3O8/c1-6(18)22-9-10(23-7(2)19)12(16-17-15)25-13(5-14,21-4)11(9)24-8(3)20/h9-12H,5H2,1-4H3/t9-,10-,11-,12-,13+/m1/s1. The minimum Gasteiger partial charge on any atom is -0.455 e. The lowest BCUT2D eigenvalue weighted by atomic mass is 9.95. The number of carbonyl (C=O) groups is 3. The molecule has 0 saturated carbocycles. The quantitative estimate of drug-likeness (QED) is 0.107. The van der Waals surface area contributed by atoms with Crippen LogP contribution < -0.4 is 0 Å². The molecular weight excluding hydrogens is 453 g/mol. The van der Waals surface area contributed by atoms with E-state index >= 15 is 0 Å². The van der Waals surface area contributed by atoms with Crippen LogP contribution in [0.15, 0.2) is 5.11 Å². The molecule has 12 heteroatoms. The summed E-state index contributed by atoms with van der Waals surface area (Å²) in [7, 11) is 1.29. The summed E-state index contributed by atoms with van der Waals surface area (Å²) in [5.74, 6) is -3.73.